The highest BCUT2D eigenvalue weighted by Crippen LogP contribution is 1.76. The lowest BCUT2D eigenvalue weighted by molar-refractivity contribution is 0.109. The lowest BCUT2D eigenvalue weighted by Crippen LogP contribution is -2.30. The van der Waals surface area contributed by atoms with E-state index < -0.39 is 0 Å². The molecule has 1 aliphatic heterocycles. The minimum absolute atomic E-state index is 0.889. The molecule has 3 nitrogen and oxygen atoms in total. The Morgan fingerprint density at radius 1 is 1.10 bits per heavy atom. The zero-order valence-corrected chi connectivity index (χ0v) is 7.18. The number of nitrogens with zero attached hydrogens (tertiary/aromatic N) is 1. The SMILES string of the molecule is C1COCCN1.CN(C)C. The van der Waals surface area contributed by atoms with Gasteiger partial charge < -0.3 is 15.0 Å². The maximum Gasteiger partial charge on any atom is 0.0591 e. The van der Waals surface area contributed by atoms with Gasteiger partial charge in [-0.15, -0.1) is 0 Å². The van der Waals surface area contributed by atoms with Crippen LogP contribution in [0.25, 0.3) is 0 Å². The summed E-state index contributed by atoms with van der Waals surface area (Å²) in [6.45, 7) is 3.83. The van der Waals surface area contributed by atoms with Crippen molar-refractivity contribution in [3.8, 4) is 0 Å². The molecule has 0 bridgehead atoms. The number of hydrogen-bond acceptors (Lipinski definition) is 3. The molecule has 0 radical (unpaired) electrons. The molecule has 10 heavy (non-hydrogen) atoms. The minimum Gasteiger partial charge on any atom is -0.379 e. The number of ether oxygens (including phenoxy) is 1. The standard InChI is InChI=1S/C4H9NO.C3H9N/c1-3-6-4-2-5-1;1-4(2)3/h5H,1-4H2;1-3H3. The van der Waals surface area contributed by atoms with Gasteiger partial charge in [0, 0.05) is 13.1 Å². The molecule has 0 unspecified atom stereocenters. The Balaban J connectivity index is 0.000000180. The summed E-state index contributed by atoms with van der Waals surface area (Å²) in [7, 11) is 6.00. The van der Waals surface area contributed by atoms with E-state index in [1.807, 2.05) is 26.0 Å². The molecule has 3 heteroatoms. The molecule has 1 N–H and O–H groups in total. The van der Waals surface area contributed by atoms with E-state index in [1.165, 1.54) is 0 Å². The van der Waals surface area contributed by atoms with Crippen molar-refractivity contribution in [2.75, 3.05) is 47.4 Å². The fraction of sp³-hybridized carbons (Fsp3) is 1.00. The first kappa shape index (κ1) is 9.88. The zero-order valence-electron chi connectivity index (χ0n) is 7.18. The minimum atomic E-state index is 0.889. The summed E-state index contributed by atoms with van der Waals surface area (Å²) in [5.74, 6) is 0. The molecule has 62 valence electrons. The Hall–Kier alpha value is -0.120. The van der Waals surface area contributed by atoms with Crippen LogP contribution < -0.4 is 5.32 Å². The molecule has 0 saturated carbocycles. The van der Waals surface area contributed by atoms with Crippen molar-refractivity contribution in [2.45, 2.75) is 0 Å². The molecular weight excluding hydrogens is 128 g/mol. The predicted molar refractivity (Wildman–Crippen MR) is 43.3 cm³/mol. The van der Waals surface area contributed by atoms with E-state index in [0.29, 0.717) is 0 Å². The smallest absolute Gasteiger partial charge is 0.0591 e. The number of hydrogen-bond donors (Lipinski definition) is 1. The van der Waals surface area contributed by atoms with Gasteiger partial charge in [0.1, 0.15) is 0 Å². The van der Waals surface area contributed by atoms with Crippen LogP contribution in [0.1, 0.15) is 0 Å². The molecular formula is C7H18N2O. The molecule has 0 amide bonds. The van der Waals surface area contributed by atoms with E-state index in [4.69, 9.17) is 4.74 Å². The Kier molecular flexibility index (Phi) is 6.91. The van der Waals surface area contributed by atoms with Crippen LogP contribution in [0.4, 0.5) is 0 Å². The topological polar surface area (TPSA) is 24.5 Å². The van der Waals surface area contributed by atoms with Crippen molar-refractivity contribution < 1.29 is 4.74 Å². The van der Waals surface area contributed by atoms with Crippen LogP contribution in [0, 0.1) is 0 Å². The molecule has 0 aromatic carbocycles. The van der Waals surface area contributed by atoms with Gasteiger partial charge in [-0.25, -0.2) is 0 Å². The molecule has 1 rings (SSSR count). The second-order valence-electron chi connectivity index (χ2n) is 2.70. The van der Waals surface area contributed by atoms with E-state index in [1.54, 1.807) is 0 Å². The van der Waals surface area contributed by atoms with Crippen molar-refractivity contribution in [1.29, 1.82) is 0 Å². The third-order valence-corrected chi connectivity index (χ3v) is 0.846. The van der Waals surface area contributed by atoms with E-state index in [-0.39, 0.29) is 0 Å². The van der Waals surface area contributed by atoms with E-state index in [2.05, 4.69) is 5.32 Å². The fourth-order valence-electron chi connectivity index (χ4n) is 0.516. The first-order chi connectivity index (χ1) is 4.73. The highest BCUT2D eigenvalue weighted by molar-refractivity contribution is 4.49. The lowest BCUT2D eigenvalue weighted by atomic mass is 10.5. The van der Waals surface area contributed by atoms with Crippen LogP contribution in [-0.2, 0) is 4.74 Å². The first-order valence-corrected chi connectivity index (χ1v) is 3.63. The van der Waals surface area contributed by atoms with Gasteiger partial charge in [-0.05, 0) is 21.1 Å². The van der Waals surface area contributed by atoms with Crippen LogP contribution >= 0.6 is 0 Å². The Bertz CT molecular complexity index is 48.4. The summed E-state index contributed by atoms with van der Waals surface area (Å²) in [6.07, 6.45) is 0. The second-order valence-corrected chi connectivity index (χ2v) is 2.70. The van der Waals surface area contributed by atoms with Crippen molar-refractivity contribution in [3.63, 3.8) is 0 Å². The monoisotopic (exact) mass is 146 g/mol. The van der Waals surface area contributed by atoms with E-state index >= 15 is 0 Å². The largest absolute Gasteiger partial charge is 0.379 e. The van der Waals surface area contributed by atoms with Gasteiger partial charge in [0.05, 0.1) is 13.2 Å². The molecule has 1 saturated heterocycles. The molecule has 0 aliphatic carbocycles. The summed E-state index contributed by atoms with van der Waals surface area (Å²) in [6, 6.07) is 0. The predicted octanol–water partition coefficient (Wildman–Crippen LogP) is -0.216. The van der Waals surface area contributed by atoms with Crippen molar-refractivity contribution in [3.05, 3.63) is 0 Å². The number of nitrogens with one attached hydrogen (secondary N) is 1. The Labute approximate surface area is 63.4 Å². The summed E-state index contributed by atoms with van der Waals surface area (Å²) in [4.78, 5) is 2.00. The molecule has 0 aromatic heterocycles. The summed E-state index contributed by atoms with van der Waals surface area (Å²) < 4.78 is 5.01. The average Bonchev–Trinajstić information content (AvgIpc) is 1.90. The van der Waals surface area contributed by atoms with Crippen molar-refractivity contribution in [2.24, 2.45) is 0 Å². The molecule has 0 aromatic rings. The van der Waals surface area contributed by atoms with Gasteiger partial charge in [-0.3, -0.25) is 0 Å². The van der Waals surface area contributed by atoms with Crippen LogP contribution in [-0.4, -0.2) is 52.3 Å². The van der Waals surface area contributed by atoms with Crippen LogP contribution in [0.3, 0.4) is 0 Å². The van der Waals surface area contributed by atoms with Crippen molar-refractivity contribution in [1.82, 2.24) is 10.2 Å². The fourth-order valence-corrected chi connectivity index (χ4v) is 0.516. The normalized spacial score (nSPS) is 18.0. The van der Waals surface area contributed by atoms with E-state index in [9.17, 15) is 0 Å². The second kappa shape index (κ2) is 6.99. The molecule has 0 atom stereocenters. The van der Waals surface area contributed by atoms with Gasteiger partial charge in [0.2, 0.25) is 0 Å². The molecule has 1 fully saturated rings. The third-order valence-electron chi connectivity index (χ3n) is 0.846. The zero-order chi connectivity index (χ0) is 7.82. The van der Waals surface area contributed by atoms with Crippen LogP contribution in [0.15, 0.2) is 0 Å². The summed E-state index contributed by atoms with van der Waals surface area (Å²) >= 11 is 0. The van der Waals surface area contributed by atoms with Crippen LogP contribution in [0.5, 0.6) is 0 Å². The van der Waals surface area contributed by atoms with E-state index in [0.717, 1.165) is 26.3 Å². The molecule has 1 heterocycles. The quantitative estimate of drug-likeness (QED) is 0.511. The highest BCUT2D eigenvalue weighted by Gasteiger charge is 1.92. The van der Waals surface area contributed by atoms with Crippen molar-refractivity contribution >= 4 is 0 Å². The maximum absolute atomic E-state index is 5.01. The average molecular weight is 146 g/mol. The third kappa shape index (κ3) is 10.8. The molecule has 0 spiro atoms. The van der Waals surface area contributed by atoms with Gasteiger partial charge in [0.15, 0.2) is 0 Å². The number of morpholine rings is 1. The lowest BCUT2D eigenvalue weighted by Gasteiger charge is -2.10. The number of rotatable bonds is 0. The summed E-state index contributed by atoms with van der Waals surface area (Å²) in [5.41, 5.74) is 0. The van der Waals surface area contributed by atoms with Gasteiger partial charge in [-0.2, -0.15) is 0 Å². The van der Waals surface area contributed by atoms with Crippen LogP contribution in [0.2, 0.25) is 0 Å². The van der Waals surface area contributed by atoms with Gasteiger partial charge in [-0.1, -0.05) is 0 Å². The van der Waals surface area contributed by atoms with Gasteiger partial charge >= 0.3 is 0 Å². The molecule has 1 aliphatic rings. The summed E-state index contributed by atoms with van der Waals surface area (Å²) in [5, 5.41) is 3.16. The Morgan fingerprint density at radius 2 is 1.50 bits per heavy atom. The highest BCUT2D eigenvalue weighted by atomic mass is 16.5. The maximum atomic E-state index is 5.01. The first-order valence-electron chi connectivity index (χ1n) is 3.63. The van der Waals surface area contributed by atoms with Gasteiger partial charge in [0.25, 0.3) is 0 Å². The Morgan fingerprint density at radius 3 is 1.60 bits per heavy atom.